The van der Waals surface area contributed by atoms with Crippen LogP contribution in [0.15, 0.2) is 36.0 Å². The van der Waals surface area contributed by atoms with Gasteiger partial charge in [0.15, 0.2) is 0 Å². The Kier molecular flexibility index (Phi) is 10.6. The van der Waals surface area contributed by atoms with Crippen molar-refractivity contribution < 1.29 is 20.1 Å². The molecule has 0 heterocycles. The molecule has 0 bridgehead atoms. The third-order valence-electron chi connectivity index (χ3n) is 5.21. The molecule has 0 saturated heterocycles. The fraction of sp³-hybridized carbons (Fsp3) is 0.682. The van der Waals surface area contributed by atoms with Gasteiger partial charge in [-0.1, -0.05) is 58.8 Å². The smallest absolute Gasteiger partial charge is 0.364 e. The minimum atomic E-state index is -2.63. The van der Waals surface area contributed by atoms with Gasteiger partial charge in [-0.3, -0.25) is 0 Å². The van der Waals surface area contributed by atoms with Gasteiger partial charge in [-0.2, -0.15) is 0 Å². The molecule has 0 aromatic rings. The third-order valence-corrected chi connectivity index (χ3v) is 6.28. The normalized spacial score (nSPS) is 24.6. The van der Waals surface area contributed by atoms with Crippen molar-refractivity contribution in [2.75, 3.05) is 0 Å². The lowest BCUT2D eigenvalue weighted by molar-refractivity contribution is -0.205. The van der Waals surface area contributed by atoms with E-state index in [0.29, 0.717) is 29.0 Å². The van der Waals surface area contributed by atoms with Crippen LogP contribution in [-0.4, -0.2) is 31.9 Å². The van der Waals surface area contributed by atoms with Gasteiger partial charge in [0.25, 0.3) is 5.79 Å². The second kappa shape index (κ2) is 11.8. The number of rotatable bonds is 11. The average Bonchev–Trinajstić information content (AvgIpc) is 2.93. The topological polar surface area (TPSA) is 77.8 Å². The number of halogens is 1. The molecule has 0 aromatic heterocycles. The van der Waals surface area contributed by atoms with Gasteiger partial charge in [0.05, 0.1) is 0 Å². The van der Waals surface area contributed by atoms with Crippen LogP contribution in [-0.2, 0) is 4.79 Å². The minimum Gasteiger partial charge on any atom is -0.477 e. The Morgan fingerprint density at radius 1 is 1.19 bits per heavy atom. The lowest BCUT2D eigenvalue weighted by Crippen LogP contribution is -2.37. The maximum Gasteiger partial charge on any atom is 0.364 e. The Morgan fingerprint density at radius 2 is 1.89 bits per heavy atom. The van der Waals surface area contributed by atoms with Crippen molar-refractivity contribution in [3.8, 4) is 0 Å². The van der Waals surface area contributed by atoms with E-state index >= 15 is 0 Å². The minimum absolute atomic E-state index is 0.197. The Hall–Kier alpha value is -0.910. The fourth-order valence-electron chi connectivity index (χ4n) is 3.39. The maximum absolute atomic E-state index is 10.7. The molecule has 0 spiro atoms. The Bertz CT molecular complexity index is 547. The first-order valence-electron chi connectivity index (χ1n) is 9.90. The number of carbonyl (C=O) groups is 1. The summed E-state index contributed by atoms with van der Waals surface area (Å²) in [5.74, 6) is -2.50. The van der Waals surface area contributed by atoms with Crippen LogP contribution in [0.25, 0.3) is 0 Å². The summed E-state index contributed by atoms with van der Waals surface area (Å²) in [6, 6.07) is 0. The van der Waals surface area contributed by atoms with Crippen LogP contribution in [0.3, 0.4) is 0 Å². The van der Waals surface area contributed by atoms with E-state index in [1.807, 2.05) is 12.2 Å². The lowest BCUT2D eigenvalue weighted by Gasteiger charge is -2.18. The number of hydrogen-bond acceptors (Lipinski definition) is 3. The third kappa shape index (κ3) is 9.22. The van der Waals surface area contributed by atoms with Gasteiger partial charge >= 0.3 is 5.97 Å². The molecule has 0 amide bonds. The Morgan fingerprint density at radius 3 is 2.52 bits per heavy atom. The molecule has 0 radical (unpaired) electrons. The maximum atomic E-state index is 10.7. The average molecular weight is 443 g/mol. The van der Waals surface area contributed by atoms with Crippen molar-refractivity contribution in [1.29, 1.82) is 0 Å². The highest BCUT2D eigenvalue weighted by molar-refractivity contribution is 9.09. The summed E-state index contributed by atoms with van der Waals surface area (Å²) in [4.78, 5) is 11.2. The van der Waals surface area contributed by atoms with Gasteiger partial charge in [0.1, 0.15) is 0 Å². The lowest BCUT2D eigenvalue weighted by atomic mass is 9.91. The zero-order valence-corrected chi connectivity index (χ0v) is 18.4. The number of carboxylic acid groups (broad SMARTS) is 1. The zero-order valence-electron chi connectivity index (χ0n) is 16.8. The molecule has 0 aromatic carbocycles. The second-order valence-electron chi connectivity index (χ2n) is 8.08. The molecular formula is C22H35BrO4. The number of hydrogen-bond donors (Lipinski definition) is 3. The van der Waals surface area contributed by atoms with Crippen molar-refractivity contribution in [3.05, 3.63) is 36.0 Å². The molecule has 1 unspecified atom stereocenters. The van der Waals surface area contributed by atoms with Gasteiger partial charge in [-0.25, -0.2) is 4.79 Å². The van der Waals surface area contributed by atoms with Crippen LogP contribution >= 0.6 is 15.9 Å². The van der Waals surface area contributed by atoms with Crippen molar-refractivity contribution in [2.45, 2.75) is 76.3 Å². The van der Waals surface area contributed by atoms with Gasteiger partial charge in [-0.15, -0.1) is 0 Å². The quantitative estimate of drug-likeness (QED) is 0.233. The largest absolute Gasteiger partial charge is 0.477 e. The van der Waals surface area contributed by atoms with Gasteiger partial charge < -0.3 is 15.3 Å². The van der Waals surface area contributed by atoms with Gasteiger partial charge in [-0.05, 0) is 70.1 Å². The van der Waals surface area contributed by atoms with Crippen molar-refractivity contribution in [2.24, 2.45) is 17.8 Å². The van der Waals surface area contributed by atoms with E-state index in [-0.39, 0.29) is 6.42 Å². The van der Waals surface area contributed by atoms with E-state index in [0.717, 1.165) is 25.7 Å². The Labute approximate surface area is 172 Å². The molecule has 1 aliphatic rings. The zero-order chi connectivity index (χ0) is 20.4. The van der Waals surface area contributed by atoms with Crippen LogP contribution in [0.4, 0.5) is 0 Å². The second-order valence-corrected chi connectivity index (χ2v) is 9.26. The molecule has 3 N–H and O–H groups in total. The van der Waals surface area contributed by atoms with E-state index in [1.165, 1.54) is 12.0 Å². The highest BCUT2D eigenvalue weighted by Crippen LogP contribution is 2.40. The predicted octanol–water partition coefficient (Wildman–Crippen LogP) is 5.21. The molecule has 1 saturated carbocycles. The number of alkyl halides is 1. The van der Waals surface area contributed by atoms with Gasteiger partial charge in [0, 0.05) is 11.2 Å². The first kappa shape index (κ1) is 24.1. The molecule has 27 heavy (non-hydrogen) atoms. The van der Waals surface area contributed by atoms with E-state index < -0.39 is 11.8 Å². The molecule has 4 nitrogen and oxygen atoms in total. The SMILES string of the molecule is CC(C)=CCC(C)CC=C[C@@H]1[C@@H](CC=CCCC(O)(O)C(=O)O)CC[C@H]1Br. The Balaban J connectivity index is 2.44. The van der Waals surface area contributed by atoms with Crippen molar-refractivity contribution >= 4 is 21.9 Å². The molecule has 1 aliphatic carbocycles. The molecule has 4 atom stereocenters. The molecule has 0 aliphatic heterocycles. The first-order chi connectivity index (χ1) is 12.6. The summed E-state index contributed by atoms with van der Waals surface area (Å²) in [6.07, 6.45) is 16.5. The van der Waals surface area contributed by atoms with Crippen LogP contribution in [0.1, 0.15) is 65.7 Å². The number of aliphatic hydroxyl groups is 2. The van der Waals surface area contributed by atoms with Gasteiger partial charge in [0.2, 0.25) is 0 Å². The van der Waals surface area contributed by atoms with Crippen molar-refractivity contribution in [1.82, 2.24) is 0 Å². The standard InChI is InChI=1S/C22H35BrO4/c1-16(2)11-12-17(3)8-7-10-19-18(13-14-20(19)23)9-5-4-6-15-22(26,27)21(24)25/h4-5,7,10-11,17-20,26-27H,6,8-9,12-15H2,1-3H3,(H,24,25)/t17?,18-,19+,20+/m0/s1. The summed E-state index contributed by atoms with van der Waals surface area (Å²) in [5.41, 5.74) is 1.37. The number of aliphatic carboxylic acids is 1. The van der Waals surface area contributed by atoms with E-state index in [9.17, 15) is 15.0 Å². The molecular weight excluding hydrogens is 408 g/mol. The van der Waals surface area contributed by atoms with E-state index in [4.69, 9.17) is 5.11 Å². The number of carboxylic acids is 1. The summed E-state index contributed by atoms with van der Waals surface area (Å²) >= 11 is 3.81. The number of allylic oxidation sites excluding steroid dienone is 6. The van der Waals surface area contributed by atoms with E-state index in [1.54, 1.807) is 0 Å². The summed E-state index contributed by atoms with van der Waals surface area (Å²) < 4.78 is 0. The van der Waals surface area contributed by atoms with Crippen molar-refractivity contribution in [3.63, 3.8) is 0 Å². The molecule has 1 rings (SSSR count). The highest BCUT2D eigenvalue weighted by Gasteiger charge is 2.32. The van der Waals surface area contributed by atoms with E-state index in [2.05, 4.69) is 54.9 Å². The van der Waals surface area contributed by atoms with Crippen LogP contribution < -0.4 is 0 Å². The summed E-state index contributed by atoms with van der Waals surface area (Å²) in [7, 11) is 0. The monoisotopic (exact) mass is 442 g/mol. The summed E-state index contributed by atoms with van der Waals surface area (Å²) in [6.45, 7) is 6.55. The van der Waals surface area contributed by atoms with Crippen LogP contribution in [0, 0.1) is 17.8 Å². The molecule has 5 heteroatoms. The van der Waals surface area contributed by atoms with Crippen LogP contribution in [0.2, 0.25) is 0 Å². The van der Waals surface area contributed by atoms with Crippen LogP contribution in [0.5, 0.6) is 0 Å². The molecule has 1 fully saturated rings. The highest BCUT2D eigenvalue weighted by atomic mass is 79.9. The predicted molar refractivity (Wildman–Crippen MR) is 114 cm³/mol. The summed E-state index contributed by atoms with van der Waals surface area (Å²) in [5, 5.41) is 27.3. The molecule has 154 valence electrons. The first-order valence-corrected chi connectivity index (χ1v) is 10.8. The fourth-order valence-corrected chi connectivity index (χ4v) is 4.26.